The zero-order chi connectivity index (χ0) is 10.1. The summed E-state index contributed by atoms with van der Waals surface area (Å²) in [5.74, 6) is 0.562. The summed E-state index contributed by atoms with van der Waals surface area (Å²) in [5.41, 5.74) is 2.75. The van der Waals surface area contributed by atoms with Crippen LogP contribution in [-0.2, 0) is 6.42 Å². The van der Waals surface area contributed by atoms with E-state index >= 15 is 0 Å². The maximum Gasteiger partial charge on any atom is 0.244 e. The van der Waals surface area contributed by atoms with Crippen molar-refractivity contribution in [1.82, 2.24) is 9.97 Å². The molecule has 2 aromatic rings. The van der Waals surface area contributed by atoms with Crippen molar-refractivity contribution in [2.24, 2.45) is 4.99 Å². The summed E-state index contributed by atoms with van der Waals surface area (Å²) < 4.78 is 5.20. The van der Waals surface area contributed by atoms with Crippen LogP contribution in [0.1, 0.15) is 12.1 Å². The van der Waals surface area contributed by atoms with Gasteiger partial charge in [0.1, 0.15) is 12.0 Å². The van der Waals surface area contributed by atoms with Gasteiger partial charge < -0.3 is 4.42 Å². The fraction of sp³-hybridized carbons (Fsp3) is 0.182. The summed E-state index contributed by atoms with van der Waals surface area (Å²) in [7, 11) is 0. The van der Waals surface area contributed by atoms with E-state index < -0.39 is 0 Å². The van der Waals surface area contributed by atoms with E-state index in [0.717, 1.165) is 29.9 Å². The Bertz CT molecular complexity index is 503. The highest BCUT2D eigenvalue weighted by molar-refractivity contribution is 5.68. The van der Waals surface area contributed by atoms with Crippen molar-refractivity contribution in [3.63, 3.8) is 0 Å². The first-order chi connectivity index (χ1) is 7.43. The van der Waals surface area contributed by atoms with Gasteiger partial charge in [0, 0.05) is 6.21 Å². The van der Waals surface area contributed by atoms with E-state index in [4.69, 9.17) is 4.42 Å². The molecule has 74 valence electrons. The molecule has 3 rings (SSSR count). The van der Waals surface area contributed by atoms with Crippen molar-refractivity contribution in [3.8, 4) is 11.6 Å². The lowest BCUT2D eigenvalue weighted by Gasteiger charge is -2.08. The zero-order valence-electron chi connectivity index (χ0n) is 8.05. The highest BCUT2D eigenvalue weighted by Crippen LogP contribution is 2.25. The number of aryl methyl sites for hydroxylation is 1. The summed E-state index contributed by atoms with van der Waals surface area (Å²) in [6, 6.07) is 3.84. The van der Waals surface area contributed by atoms with E-state index in [1.165, 1.54) is 0 Å². The lowest BCUT2D eigenvalue weighted by molar-refractivity contribution is 0.571. The van der Waals surface area contributed by atoms with Crippen LogP contribution < -0.4 is 0 Å². The number of fused-ring (bicyclic) bond motifs is 1. The quantitative estimate of drug-likeness (QED) is 0.708. The molecular weight excluding hydrogens is 190 g/mol. The molecule has 0 saturated heterocycles. The summed E-state index contributed by atoms with van der Waals surface area (Å²) >= 11 is 0. The first kappa shape index (κ1) is 8.35. The Labute approximate surface area is 86.7 Å². The van der Waals surface area contributed by atoms with E-state index in [9.17, 15) is 0 Å². The van der Waals surface area contributed by atoms with Crippen molar-refractivity contribution in [2.45, 2.75) is 12.8 Å². The minimum atomic E-state index is 0.562. The van der Waals surface area contributed by atoms with Gasteiger partial charge in [-0.1, -0.05) is 0 Å². The van der Waals surface area contributed by atoms with Crippen LogP contribution >= 0.6 is 0 Å². The number of rotatable bonds is 1. The summed E-state index contributed by atoms with van der Waals surface area (Å²) in [6.07, 6.45) is 6.99. The molecule has 0 amide bonds. The molecule has 0 fully saturated rings. The summed E-state index contributed by atoms with van der Waals surface area (Å²) in [6.45, 7) is 0. The van der Waals surface area contributed by atoms with Crippen molar-refractivity contribution in [1.29, 1.82) is 0 Å². The topological polar surface area (TPSA) is 51.3 Å². The number of hydrogen-bond acceptors (Lipinski definition) is 4. The normalized spacial score (nSPS) is 13.9. The van der Waals surface area contributed by atoms with Gasteiger partial charge in [-0.25, -0.2) is 9.97 Å². The van der Waals surface area contributed by atoms with Gasteiger partial charge in [-0.15, -0.1) is 0 Å². The Hall–Kier alpha value is -1.97. The molecule has 2 aromatic heterocycles. The van der Waals surface area contributed by atoms with Crippen LogP contribution in [0, 0.1) is 0 Å². The molecule has 0 bridgehead atoms. The van der Waals surface area contributed by atoms with Gasteiger partial charge in [0.05, 0.1) is 17.6 Å². The average molecular weight is 199 g/mol. The zero-order valence-corrected chi connectivity index (χ0v) is 8.05. The van der Waals surface area contributed by atoms with Gasteiger partial charge in [0.2, 0.25) is 5.89 Å². The molecule has 4 nitrogen and oxygen atoms in total. The van der Waals surface area contributed by atoms with E-state index in [1.807, 2.05) is 18.3 Å². The number of oxazole rings is 1. The minimum absolute atomic E-state index is 0.562. The third-order valence-corrected chi connectivity index (χ3v) is 2.34. The van der Waals surface area contributed by atoms with Crippen LogP contribution in [0.4, 0.5) is 5.69 Å². The highest BCUT2D eigenvalue weighted by atomic mass is 16.3. The first-order valence-electron chi connectivity index (χ1n) is 4.86. The van der Waals surface area contributed by atoms with Crippen molar-refractivity contribution < 1.29 is 4.42 Å². The van der Waals surface area contributed by atoms with Crippen molar-refractivity contribution in [3.05, 3.63) is 30.3 Å². The second kappa shape index (κ2) is 3.31. The standard InChI is InChI=1S/C11H9N3O/c1-2-9-8(12-5-1)3-4-10(14-9)11-13-6-7-15-11/h3-7H,1-2H2. The predicted octanol–water partition coefficient (Wildman–Crippen LogP) is 2.39. The van der Waals surface area contributed by atoms with Gasteiger partial charge in [-0.05, 0) is 25.0 Å². The van der Waals surface area contributed by atoms with Crippen molar-refractivity contribution in [2.75, 3.05) is 0 Å². The Balaban J connectivity index is 2.09. The molecule has 0 aliphatic carbocycles. The van der Waals surface area contributed by atoms with E-state index in [1.54, 1.807) is 12.5 Å². The van der Waals surface area contributed by atoms with Crippen LogP contribution in [0.3, 0.4) is 0 Å². The fourth-order valence-electron chi connectivity index (χ4n) is 1.63. The Morgan fingerprint density at radius 1 is 1.27 bits per heavy atom. The molecule has 4 heteroatoms. The SMILES string of the molecule is C1=Nc2ccc(-c3ncco3)nc2CC1. The number of hydrogen-bond donors (Lipinski definition) is 0. The number of nitrogens with zero attached hydrogens (tertiary/aromatic N) is 3. The largest absolute Gasteiger partial charge is 0.443 e. The van der Waals surface area contributed by atoms with Gasteiger partial charge in [0.25, 0.3) is 0 Å². The molecule has 0 N–H and O–H groups in total. The molecule has 15 heavy (non-hydrogen) atoms. The van der Waals surface area contributed by atoms with Gasteiger partial charge in [-0.2, -0.15) is 0 Å². The van der Waals surface area contributed by atoms with Crippen LogP contribution in [0.2, 0.25) is 0 Å². The second-order valence-electron chi connectivity index (χ2n) is 3.35. The van der Waals surface area contributed by atoms with Crippen LogP contribution in [-0.4, -0.2) is 16.2 Å². The van der Waals surface area contributed by atoms with E-state index in [0.29, 0.717) is 5.89 Å². The summed E-state index contributed by atoms with van der Waals surface area (Å²) in [5, 5.41) is 0. The Morgan fingerprint density at radius 2 is 2.27 bits per heavy atom. The molecule has 0 saturated carbocycles. The predicted molar refractivity (Wildman–Crippen MR) is 56.2 cm³/mol. The average Bonchev–Trinajstić information content (AvgIpc) is 2.82. The fourth-order valence-corrected chi connectivity index (χ4v) is 1.63. The van der Waals surface area contributed by atoms with Crippen LogP contribution in [0.25, 0.3) is 11.6 Å². The van der Waals surface area contributed by atoms with Crippen LogP contribution in [0.15, 0.2) is 34.0 Å². The highest BCUT2D eigenvalue weighted by Gasteiger charge is 2.10. The number of aromatic nitrogens is 2. The molecular formula is C11H9N3O. The molecule has 1 aliphatic rings. The minimum Gasteiger partial charge on any atom is -0.443 e. The monoisotopic (exact) mass is 199 g/mol. The Morgan fingerprint density at radius 3 is 3.13 bits per heavy atom. The van der Waals surface area contributed by atoms with Crippen molar-refractivity contribution >= 4 is 11.9 Å². The molecule has 3 heterocycles. The molecule has 0 radical (unpaired) electrons. The smallest absolute Gasteiger partial charge is 0.244 e. The maximum absolute atomic E-state index is 5.20. The van der Waals surface area contributed by atoms with E-state index in [-0.39, 0.29) is 0 Å². The number of aliphatic imine (C=N–C) groups is 1. The summed E-state index contributed by atoms with van der Waals surface area (Å²) in [4.78, 5) is 12.8. The second-order valence-corrected chi connectivity index (χ2v) is 3.35. The molecule has 0 atom stereocenters. The van der Waals surface area contributed by atoms with Gasteiger partial charge in [0.15, 0.2) is 0 Å². The molecule has 0 spiro atoms. The van der Waals surface area contributed by atoms with Crippen LogP contribution in [0.5, 0.6) is 0 Å². The Kier molecular flexibility index (Phi) is 1.84. The molecule has 0 unspecified atom stereocenters. The van der Waals surface area contributed by atoms with Gasteiger partial charge >= 0.3 is 0 Å². The lowest BCUT2D eigenvalue weighted by atomic mass is 10.1. The first-order valence-corrected chi connectivity index (χ1v) is 4.86. The number of pyridine rings is 1. The third-order valence-electron chi connectivity index (χ3n) is 2.34. The maximum atomic E-state index is 5.20. The third kappa shape index (κ3) is 1.44. The molecule has 1 aliphatic heterocycles. The van der Waals surface area contributed by atoms with E-state index in [2.05, 4.69) is 15.0 Å². The molecule has 0 aromatic carbocycles. The lowest BCUT2D eigenvalue weighted by Crippen LogP contribution is -1.98. The van der Waals surface area contributed by atoms with Gasteiger partial charge in [-0.3, -0.25) is 4.99 Å².